The Balaban J connectivity index is 2.44. The standard InChI is InChI=1S/C16H22ClNO2/c1-18(2)16(9-5-4-6-10-16)15(19)13-11-12(17)7-8-14(13)20-3/h7-8,11H,4-6,9-10H2,1-3H3. The fraction of sp³-hybridized carbons (Fsp3) is 0.562. The summed E-state index contributed by atoms with van der Waals surface area (Å²) in [6.45, 7) is 0. The van der Waals surface area contributed by atoms with Crippen molar-refractivity contribution in [3.8, 4) is 5.75 Å². The second-order valence-corrected chi connectivity index (χ2v) is 6.10. The molecule has 0 aromatic heterocycles. The minimum absolute atomic E-state index is 0.126. The van der Waals surface area contributed by atoms with Crippen LogP contribution >= 0.6 is 11.6 Å². The van der Waals surface area contributed by atoms with Crippen LogP contribution in [0, 0.1) is 0 Å². The van der Waals surface area contributed by atoms with E-state index in [-0.39, 0.29) is 5.78 Å². The molecule has 1 saturated carbocycles. The van der Waals surface area contributed by atoms with Gasteiger partial charge in [-0.2, -0.15) is 0 Å². The quantitative estimate of drug-likeness (QED) is 0.791. The van der Waals surface area contributed by atoms with Gasteiger partial charge in [0, 0.05) is 5.02 Å². The predicted molar refractivity (Wildman–Crippen MR) is 81.8 cm³/mol. The number of carbonyl (C=O) groups excluding carboxylic acids is 1. The highest BCUT2D eigenvalue weighted by molar-refractivity contribution is 6.31. The minimum Gasteiger partial charge on any atom is -0.496 e. The molecule has 0 bridgehead atoms. The predicted octanol–water partition coefficient (Wildman–Crippen LogP) is 3.80. The van der Waals surface area contributed by atoms with Crippen molar-refractivity contribution in [2.24, 2.45) is 0 Å². The molecule has 0 unspecified atom stereocenters. The zero-order valence-corrected chi connectivity index (χ0v) is 13.2. The fourth-order valence-electron chi connectivity index (χ4n) is 3.12. The normalized spacial score (nSPS) is 18.1. The van der Waals surface area contributed by atoms with Gasteiger partial charge in [0.1, 0.15) is 5.75 Å². The van der Waals surface area contributed by atoms with E-state index >= 15 is 0 Å². The summed E-state index contributed by atoms with van der Waals surface area (Å²) in [6, 6.07) is 5.24. The molecule has 1 aromatic rings. The number of halogens is 1. The topological polar surface area (TPSA) is 29.5 Å². The molecule has 0 aliphatic heterocycles. The molecule has 0 radical (unpaired) electrons. The highest BCUT2D eigenvalue weighted by Gasteiger charge is 2.42. The first-order valence-electron chi connectivity index (χ1n) is 7.07. The van der Waals surface area contributed by atoms with E-state index in [2.05, 4.69) is 4.90 Å². The molecule has 0 N–H and O–H groups in total. The lowest BCUT2D eigenvalue weighted by molar-refractivity contribution is 0.0561. The molecule has 110 valence electrons. The van der Waals surface area contributed by atoms with E-state index in [1.807, 2.05) is 14.1 Å². The molecule has 0 atom stereocenters. The van der Waals surface area contributed by atoms with Crippen LogP contribution in [0.2, 0.25) is 5.02 Å². The first kappa shape index (κ1) is 15.3. The molecule has 0 saturated heterocycles. The van der Waals surface area contributed by atoms with Crippen LogP contribution in [-0.2, 0) is 0 Å². The van der Waals surface area contributed by atoms with E-state index in [4.69, 9.17) is 16.3 Å². The Labute approximate surface area is 125 Å². The third kappa shape index (κ3) is 2.70. The Morgan fingerprint density at radius 1 is 1.25 bits per heavy atom. The number of ether oxygens (including phenoxy) is 1. The van der Waals surface area contributed by atoms with Gasteiger partial charge >= 0.3 is 0 Å². The van der Waals surface area contributed by atoms with Crippen molar-refractivity contribution in [3.63, 3.8) is 0 Å². The van der Waals surface area contributed by atoms with Gasteiger partial charge in [-0.25, -0.2) is 0 Å². The smallest absolute Gasteiger partial charge is 0.186 e. The number of likely N-dealkylation sites (N-methyl/N-ethyl adjacent to an activating group) is 1. The maximum Gasteiger partial charge on any atom is 0.186 e. The molecule has 1 aliphatic rings. The second kappa shape index (κ2) is 6.15. The van der Waals surface area contributed by atoms with Gasteiger partial charge < -0.3 is 4.74 Å². The van der Waals surface area contributed by atoms with Crippen LogP contribution in [-0.4, -0.2) is 37.4 Å². The summed E-state index contributed by atoms with van der Waals surface area (Å²) in [5.41, 5.74) is 0.173. The van der Waals surface area contributed by atoms with Crippen LogP contribution in [0.25, 0.3) is 0 Å². The van der Waals surface area contributed by atoms with Crippen molar-refractivity contribution in [3.05, 3.63) is 28.8 Å². The highest BCUT2D eigenvalue weighted by Crippen LogP contribution is 2.37. The maximum atomic E-state index is 13.1. The van der Waals surface area contributed by atoms with E-state index in [1.165, 1.54) is 6.42 Å². The molecular formula is C16H22ClNO2. The first-order valence-corrected chi connectivity index (χ1v) is 7.45. The van der Waals surface area contributed by atoms with Gasteiger partial charge in [0.05, 0.1) is 18.2 Å². The number of methoxy groups -OCH3 is 1. The van der Waals surface area contributed by atoms with Crippen molar-refractivity contribution >= 4 is 17.4 Å². The van der Waals surface area contributed by atoms with Gasteiger partial charge in [-0.3, -0.25) is 9.69 Å². The van der Waals surface area contributed by atoms with Crippen LogP contribution in [0.1, 0.15) is 42.5 Å². The van der Waals surface area contributed by atoms with Crippen molar-refractivity contribution in [2.75, 3.05) is 21.2 Å². The fourth-order valence-corrected chi connectivity index (χ4v) is 3.29. The Morgan fingerprint density at radius 3 is 2.45 bits per heavy atom. The number of ketones is 1. The van der Waals surface area contributed by atoms with E-state index in [1.54, 1.807) is 25.3 Å². The van der Waals surface area contributed by atoms with Crippen LogP contribution < -0.4 is 4.74 Å². The number of rotatable bonds is 4. The number of Topliss-reactive ketones (excluding diaryl/α,β-unsaturated/α-hetero) is 1. The molecule has 20 heavy (non-hydrogen) atoms. The molecule has 3 nitrogen and oxygen atoms in total. The number of benzene rings is 1. The van der Waals surface area contributed by atoms with E-state index in [0.717, 1.165) is 25.7 Å². The van der Waals surface area contributed by atoms with Gasteiger partial charge in [0.25, 0.3) is 0 Å². The largest absolute Gasteiger partial charge is 0.496 e. The number of carbonyl (C=O) groups is 1. The average molecular weight is 296 g/mol. The third-order valence-corrected chi connectivity index (χ3v) is 4.60. The maximum absolute atomic E-state index is 13.1. The van der Waals surface area contributed by atoms with Gasteiger partial charge in [-0.15, -0.1) is 0 Å². The van der Waals surface area contributed by atoms with Crippen molar-refractivity contribution < 1.29 is 9.53 Å². The number of hydrogen-bond acceptors (Lipinski definition) is 3. The molecule has 0 spiro atoms. The van der Waals surface area contributed by atoms with Crippen molar-refractivity contribution in [1.29, 1.82) is 0 Å². The molecular weight excluding hydrogens is 274 g/mol. The van der Waals surface area contributed by atoms with E-state index < -0.39 is 5.54 Å². The van der Waals surface area contributed by atoms with Crippen LogP contribution in [0.4, 0.5) is 0 Å². The molecule has 2 rings (SSSR count). The Morgan fingerprint density at radius 2 is 1.90 bits per heavy atom. The van der Waals surface area contributed by atoms with Gasteiger partial charge in [0.15, 0.2) is 5.78 Å². The number of nitrogens with zero attached hydrogens (tertiary/aromatic N) is 1. The monoisotopic (exact) mass is 295 g/mol. The molecule has 0 heterocycles. The van der Waals surface area contributed by atoms with Crippen molar-refractivity contribution in [2.45, 2.75) is 37.6 Å². The number of hydrogen-bond donors (Lipinski definition) is 0. The zero-order chi connectivity index (χ0) is 14.8. The van der Waals surface area contributed by atoms with Crippen molar-refractivity contribution in [1.82, 2.24) is 4.90 Å². The molecule has 1 fully saturated rings. The summed E-state index contributed by atoms with van der Waals surface area (Å²) in [7, 11) is 5.56. The molecule has 1 aromatic carbocycles. The van der Waals surface area contributed by atoms with Gasteiger partial charge in [0.2, 0.25) is 0 Å². The summed E-state index contributed by atoms with van der Waals surface area (Å²) >= 11 is 6.06. The lowest BCUT2D eigenvalue weighted by Gasteiger charge is -2.41. The SMILES string of the molecule is COc1ccc(Cl)cc1C(=O)C1(N(C)C)CCCCC1. The molecule has 1 aliphatic carbocycles. The summed E-state index contributed by atoms with van der Waals surface area (Å²) < 4.78 is 5.34. The Kier molecular flexibility index (Phi) is 4.71. The Hall–Kier alpha value is -1.06. The van der Waals surface area contributed by atoms with Gasteiger partial charge in [-0.05, 0) is 45.1 Å². The summed E-state index contributed by atoms with van der Waals surface area (Å²) in [5, 5.41) is 0.568. The summed E-state index contributed by atoms with van der Waals surface area (Å²) in [5.74, 6) is 0.729. The van der Waals surface area contributed by atoms with Crippen LogP contribution in [0.5, 0.6) is 5.75 Å². The van der Waals surface area contributed by atoms with E-state index in [0.29, 0.717) is 16.3 Å². The van der Waals surface area contributed by atoms with Gasteiger partial charge in [-0.1, -0.05) is 30.9 Å². The zero-order valence-electron chi connectivity index (χ0n) is 12.4. The second-order valence-electron chi connectivity index (χ2n) is 5.66. The minimum atomic E-state index is -0.420. The lowest BCUT2D eigenvalue weighted by Crippen LogP contribution is -2.52. The first-order chi connectivity index (χ1) is 9.51. The third-order valence-electron chi connectivity index (χ3n) is 4.37. The molecule has 0 amide bonds. The van der Waals surface area contributed by atoms with Crippen LogP contribution in [0.3, 0.4) is 0 Å². The Bertz CT molecular complexity index is 493. The average Bonchev–Trinajstić information content (AvgIpc) is 2.47. The lowest BCUT2D eigenvalue weighted by atomic mass is 9.75. The highest BCUT2D eigenvalue weighted by atomic mass is 35.5. The summed E-state index contributed by atoms with van der Waals surface area (Å²) in [6.07, 6.45) is 5.18. The molecule has 4 heteroatoms. The van der Waals surface area contributed by atoms with Crippen LogP contribution in [0.15, 0.2) is 18.2 Å². The van der Waals surface area contributed by atoms with E-state index in [9.17, 15) is 4.79 Å². The summed E-state index contributed by atoms with van der Waals surface area (Å²) in [4.78, 5) is 15.2.